The molecule has 0 atom stereocenters. The van der Waals surface area contributed by atoms with Gasteiger partial charge in [-0.15, -0.1) is 10.2 Å². The highest BCUT2D eigenvalue weighted by atomic mass is 16.5. The molecule has 0 radical (unpaired) electrons. The quantitative estimate of drug-likeness (QED) is 0.849. The lowest BCUT2D eigenvalue weighted by molar-refractivity contribution is 0.247. The average Bonchev–Trinajstić information content (AvgIpc) is 2.85. The summed E-state index contributed by atoms with van der Waals surface area (Å²) in [5.41, 5.74) is 6.52. The lowest BCUT2D eigenvalue weighted by Gasteiger charge is -2.09. The molecule has 0 aliphatic rings. The normalized spacial score (nSPS) is 10.5. The Labute approximate surface area is 111 Å². The van der Waals surface area contributed by atoms with E-state index < -0.39 is 0 Å². The number of aryl methyl sites for hydroxylation is 1. The monoisotopic (exact) mass is 263 g/mol. The van der Waals surface area contributed by atoms with Gasteiger partial charge in [0.05, 0.1) is 7.11 Å². The van der Waals surface area contributed by atoms with Crippen molar-refractivity contribution in [1.29, 1.82) is 0 Å². The number of rotatable bonds is 6. The fourth-order valence-corrected chi connectivity index (χ4v) is 1.60. The highest BCUT2D eigenvalue weighted by Gasteiger charge is 2.09. The molecular weight excluding hydrogens is 246 g/mol. The van der Waals surface area contributed by atoms with Crippen LogP contribution in [0.3, 0.4) is 0 Å². The van der Waals surface area contributed by atoms with Gasteiger partial charge >= 0.3 is 0 Å². The van der Waals surface area contributed by atoms with E-state index in [-0.39, 0.29) is 6.61 Å². The summed E-state index contributed by atoms with van der Waals surface area (Å²) in [7, 11) is 1.60. The Hall–Kier alpha value is -2.08. The summed E-state index contributed by atoms with van der Waals surface area (Å²) in [5.74, 6) is 2.27. The molecule has 6 heteroatoms. The zero-order chi connectivity index (χ0) is 13.7. The van der Waals surface area contributed by atoms with Crippen molar-refractivity contribution < 1.29 is 13.9 Å². The minimum atomic E-state index is 0.205. The predicted octanol–water partition coefficient (Wildman–Crippen LogP) is 1.47. The zero-order valence-electron chi connectivity index (χ0n) is 11.0. The molecule has 6 nitrogen and oxygen atoms in total. The predicted molar refractivity (Wildman–Crippen MR) is 69.1 cm³/mol. The second-order valence-corrected chi connectivity index (χ2v) is 4.07. The number of benzene rings is 1. The molecule has 1 heterocycles. The van der Waals surface area contributed by atoms with Crippen LogP contribution in [0.5, 0.6) is 11.5 Å². The first-order chi connectivity index (χ1) is 9.22. The first kappa shape index (κ1) is 13.4. The van der Waals surface area contributed by atoms with E-state index in [0.29, 0.717) is 36.2 Å². The van der Waals surface area contributed by atoms with Crippen molar-refractivity contribution >= 4 is 0 Å². The van der Waals surface area contributed by atoms with Crippen molar-refractivity contribution in [2.45, 2.75) is 20.0 Å². The molecule has 2 aromatic rings. The average molecular weight is 263 g/mol. The van der Waals surface area contributed by atoms with Crippen molar-refractivity contribution in [3.05, 3.63) is 35.5 Å². The number of methoxy groups -OCH3 is 1. The van der Waals surface area contributed by atoms with Gasteiger partial charge in [0.15, 0.2) is 18.1 Å². The third kappa shape index (κ3) is 3.45. The summed E-state index contributed by atoms with van der Waals surface area (Å²) in [6.45, 7) is 2.68. The van der Waals surface area contributed by atoms with Crippen LogP contribution in [0.4, 0.5) is 0 Å². The molecule has 0 unspecified atom stereocenters. The van der Waals surface area contributed by atoms with Crippen LogP contribution < -0.4 is 15.2 Å². The smallest absolute Gasteiger partial charge is 0.253 e. The molecule has 0 aliphatic heterocycles. The summed E-state index contributed by atoms with van der Waals surface area (Å²) in [5, 5.41) is 7.75. The molecule has 0 fully saturated rings. The molecule has 19 heavy (non-hydrogen) atoms. The Morgan fingerprint density at radius 1 is 1.21 bits per heavy atom. The molecule has 0 bridgehead atoms. The lowest BCUT2D eigenvalue weighted by atomic mass is 10.2. The van der Waals surface area contributed by atoms with Crippen LogP contribution in [0.2, 0.25) is 0 Å². The third-order valence-corrected chi connectivity index (χ3v) is 2.54. The number of nitrogens with two attached hydrogens (primary N) is 1. The minimum absolute atomic E-state index is 0.205. The van der Waals surface area contributed by atoms with Crippen LogP contribution in [-0.4, -0.2) is 23.9 Å². The van der Waals surface area contributed by atoms with E-state index in [0.717, 1.165) is 5.56 Å². The summed E-state index contributed by atoms with van der Waals surface area (Å²) in [6.07, 6.45) is 0.570. The minimum Gasteiger partial charge on any atom is -0.493 e. The number of aromatic nitrogens is 2. The maximum atomic E-state index is 5.61. The van der Waals surface area contributed by atoms with Crippen molar-refractivity contribution in [2.75, 3.05) is 13.7 Å². The van der Waals surface area contributed by atoms with E-state index in [9.17, 15) is 0 Å². The van der Waals surface area contributed by atoms with E-state index in [1.807, 2.05) is 25.1 Å². The van der Waals surface area contributed by atoms with Crippen LogP contribution in [0, 0.1) is 6.92 Å². The summed E-state index contributed by atoms with van der Waals surface area (Å²) in [6, 6.07) is 5.71. The van der Waals surface area contributed by atoms with E-state index in [1.54, 1.807) is 7.11 Å². The van der Waals surface area contributed by atoms with Gasteiger partial charge in [-0.2, -0.15) is 0 Å². The molecule has 0 amide bonds. The first-order valence-corrected chi connectivity index (χ1v) is 6.01. The van der Waals surface area contributed by atoms with Gasteiger partial charge in [-0.3, -0.25) is 0 Å². The maximum absolute atomic E-state index is 5.61. The van der Waals surface area contributed by atoms with Crippen LogP contribution in [0.15, 0.2) is 22.6 Å². The van der Waals surface area contributed by atoms with Gasteiger partial charge in [0, 0.05) is 13.0 Å². The maximum Gasteiger partial charge on any atom is 0.253 e. The fourth-order valence-electron chi connectivity index (χ4n) is 1.60. The number of nitrogens with zero attached hydrogens (tertiary/aromatic N) is 2. The van der Waals surface area contributed by atoms with Gasteiger partial charge in [0.25, 0.3) is 5.89 Å². The van der Waals surface area contributed by atoms with Crippen LogP contribution >= 0.6 is 0 Å². The topological polar surface area (TPSA) is 83.4 Å². The summed E-state index contributed by atoms with van der Waals surface area (Å²) >= 11 is 0. The van der Waals surface area contributed by atoms with Gasteiger partial charge in [0.1, 0.15) is 0 Å². The Morgan fingerprint density at radius 2 is 2.00 bits per heavy atom. The van der Waals surface area contributed by atoms with Gasteiger partial charge in [0.2, 0.25) is 5.89 Å². The highest BCUT2D eigenvalue weighted by Crippen LogP contribution is 2.28. The molecule has 1 aromatic carbocycles. The molecular formula is C13H17N3O3. The molecule has 1 aromatic heterocycles. The van der Waals surface area contributed by atoms with E-state index in [1.165, 1.54) is 0 Å². The van der Waals surface area contributed by atoms with E-state index in [4.69, 9.17) is 19.6 Å². The van der Waals surface area contributed by atoms with Gasteiger partial charge in [-0.1, -0.05) is 6.07 Å². The Balaban J connectivity index is 2.01. The molecule has 102 valence electrons. The SMILES string of the molecule is COc1cc(C)ccc1OCc1nnc(CCN)o1. The molecule has 0 saturated heterocycles. The van der Waals surface area contributed by atoms with E-state index >= 15 is 0 Å². The van der Waals surface area contributed by atoms with E-state index in [2.05, 4.69) is 10.2 Å². The number of hydrogen-bond donors (Lipinski definition) is 1. The van der Waals surface area contributed by atoms with Gasteiger partial charge in [-0.25, -0.2) is 0 Å². The third-order valence-electron chi connectivity index (χ3n) is 2.54. The molecule has 0 aliphatic carbocycles. The number of hydrogen-bond acceptors (Lipinski definition) is 6. The van der Waals surface area contributed by atoms with Crippen LogP contribution in [0.25, 0.3) is 0 Å². The van der Waals surface area contributed by atoms with Crippen molar-refractivity contribution in [3.63, 3.8) is 0 Å². The summed E-state index contributed by atoms with van der Waals surface area (Å²) in [4.78, 5) is 0. The van der Waals surface area contributed by atoms with Crippen LogP contribution in [-0.2, 0) is 13.0 Å². The van der Waals surface area contributed by atoms with Gasteiger partial charge in [-0.05, 0) is 24.6 Å². The second kappa shape index (κ2) is 6.19. The highest BCUT2D eigenvalue weighted by molar-refractivity contribution is 5.42. The zero-order valence-corrected chi connectivity index (χ0v) is 11.0. The largest absolute Gasteiger partial charge is 0.493 e. The van der Waals surface area contributed by atoms with Crippen LogP contribution in [0.1, 0.15) is 17.3 Å². The molecule has 0 spiro atoms. The van der Waals surface area contributed by atoms with Crippen molar-refractivity contribution in [2.24, 2.45) is 5.73 Å². The molecule has 0 saturated carbocycles. The lowest BCUT2D eigenvalue weighted by Crippen LogP contribution is -2.02. The summed E-state index contributed by atoms with van der Waals surface area (Å²) < 4.78 is 16.2. The molecule has 2 rings (SSSR count). The standard InChI is InChI=1S/C13H17N3O3/c1-9-3-4-10(11(7-9)17-2)18-8-13-16-15-12(19-13)5-6-14/h3-4,7H,5-6,8,14H2,1-2H3. The number of ether oxygens (including phenoxy) is 2. The Morgan fingerprint density at radius 3 is 2.74 bits per heavy atom. The van der Waals surface area contributed by atoms with Gasteiger partial charge < -0.3 is 19.6 Å². The second-order valence-electron chi connectivity index (χ2n) is 4.07. The molecule has 2 N–H and O–H groups in total. The Kier molecular flexibility index (Phi) is 4.35. The Bertz CT molecular complexity index is 540. The van der Waals surface area contributed by atoms with Crippen molar-refractivity contribution in [3.8, 4) is 11.5 Å². The fraction of sp³-hybridized carbons (Fsp3) is 0.385. The van der Waals surface area contributed by atoms with Crippen molar-refractivity contribution in [1.82, 2.24) is 10.2 Å². The first-order valence-electron chi connectivity index (χ1n) is 6.01.